The molecule has 1 aliphatic carbocycles. The van der Waals surface area contributed by atoms with Crippen LogP contribution in [-0.4, -0.2) is 51.9 Å². The molecule has 0 aromatic carbocycles. The predicted octanol–water partition coefficient (Wildman–Crippen LogP) is 1.63. The lowest BCUT2D eigenvalue weighted by atomic mass is 9.78. The second-order valence-electron chi connectivity index (χ2n) is 7.07. The number of rotatable bonds is 4. The number of aromatic nitrogens is 2. The van der Waals surface area contributed by atoms with Gasteiger partial charge in [-0.2, -0.15) is 0 Å². The number of aromatic amines is 1. The number of carbonyl (C=O) groups excluding carboxylic acids is 1. The van der Waals surface area contributed by atoms with Gasteiger partial charge in [0.15, 0.2) is 0 Å². The molecule has 5 heteroatoms. The van der Waals surface area contributed by atoms with Gasteiger partial charge in [-0.05, 0) is 44.6 Å². The van der Waals surface area contributed by atoms with Crippen LogP contribution in [0, 0.1) is 11.3 Å². The summed E-state index contributed by atoms with van der Waals surface area (Å²) in [6.45, 7) is 4.76. The molecule has 1 spiro atoms. The van der Waals surface area contributed by atoms with E-state index in [2.05, 4.69) is 19.8 Å². The lowest BCUT2D eigenvalue weighted by Crippen LogP contribution is -2.50. The number of nitrogens with one attached hydrogen (secondary N) is 1. The van der Waals surface area contributed by atoms with Crippen LogP contribution in [0.4, 0.5) is 0 Å². The van der Waals surface area contributed by atoms with Gasteiger partial charge in [0.2, 0.25) is 5.91 Å². The van der Waals surface area contributed by atoms with E-state index >= 15 is 0 Å². The molecular formula is C16H24N4O. The molecule has 4 rings (SSSR count). The Morgan fingerprint density at radius 1 is 1.33 bits per heavy atom. The molecule has 0 unspecified atom stereocenters. The van der Waals surface area contributed by atoms with Gasteiger partial charge in [0.1, 0.15) is 5.82 Å². The van der Waals surface area contributed by atoms with E-state index in [0.29, 0.717) is 5.91 Å². The van der Waals surface area contributed by atoms with Crippen molar-refractivity contribution in [3.05, 3.63) is 18.2 Å². The Labute approximate surface area is 125 Å². The third-order valence-corrected chi connectivity index (χ3v) is 5.36. The average molecular weight is 288 g/mol. The summed E-state index contributed by atoms with van der Waals surface area (Å²) >= 11 is 0. The molecule has 0 bridgehead atoms. The summed E-state index contributed by atoms with van der Waals surface area (Å²) in [6, 6.07) is 0. The molecule has 1 atom stereocenters. The van der Waals surface area contributed by atoms with Crippen LogP contribution in [0.2, 0.25) is 0 Å². The number of piperidine rings is 1. The number of imidazole rings is 1. The van der Waals surface area contributed by atoms with Crippen LogP contribution in [0.25, 0.3) is 0 Å². The molecule has 5 nitrogen and oxygen atoms in total. The molecule has 1 aromatic rings. The van der Waals surface area contributed by atoms with E-state index in [9.17, 15) is 4.79 Å². The van der Waals surface area contributed by atoms with Gasteiger partial charge < -0.3 is 9.88 Å². The summed E-state index contributed by atoms with van der Waals surface area (Å²) in [4.78, 5) is 25.0. The SMILES string of the molecule is O=C1N(CC2CC2)CCC[C@@]12CCN(Cc1ncc[nH]1)C2. The van der Waals surface area contributed by atoms with Crippen molar-refractivity contribution in [2.75, 3.05) is 26.2 Å². The van der Waals surface area contributed by atoms with Gasteiger partial charge in [0.05, 0.1) is 12.0 Å². The molecule has 3 fully saturated rings. The zero-order valence-corrected chi connectivity index (χ0v) is 12.6. The minimum atomic E-state index is -0.0975. The number of hydrogen-bond donors (Lipinski definition) is 1. The predicted molar refractivity (Wildman–Crippen MR) is 79.5 cm³/mol. The first-order valence-electron chi connectivity index (χ1n) is 8.25. The molecule has 2 saturated heterocycles. The van der Waals surface area contributed by atoms with E-state index in [0.717, 1.165) is 57.3 Å². The highest BCUT2D eigenvalue weighted by atomic mass is 16.2. The molecule has 1 amide bonds. The fourth-order valence-corrected chi connectivity index (χ4v) is 4.01. The first-order valence-corrected chi connectivity index (χ1v) is 8.25. The summed E-state index contributed by atoms with van der Waals surface area (Å²) in [5.74, 6) is 2.23. The summed E-state index contributed by atoms with van der Waals surface area (Å²) < 4.78 is 0. The standard InChI is InChI=1S/C16H24N4O/c21-15-16(4-1-8-20(15)10-13-2-3-13)5-9-19(12-16)11-14-17-6-7-18-14/h6-7,13H,1-5,8-12H2,(H,17,18)/t16-/m0/s1. The topological polar surface area (TPSA) is 52.2 Å². The highest BCUT2D eigenvalue weighted by molar-refractivity contribution is 5.84. The van der Waals surface area contributed by atoms with Crippen molar-refractivity contribution in [3.8, 4) is 0 Å². The van der Waals surface area contributed by atoms with Crippen molar-refractivity contribution in [3.63, 3.8) is 0 Å². The number of amides is 1. The van der Waals surface area contributed by atoms with Crippen LogP contribution in [0.1, 0.15) is 37.9 Å². The normalized spacial score (nSPS) is 30.5. The zero-order valence-electron chi connectivity index (χ0n) is 12.6. The second kappa shape index (κ2) is 5.13. The molecule has 3 aliphatic rings. The summed E-state index contributed by atoms with van der Waals surface area (Å²) in [7, 11) is 0. The Balaban J connectivity index is 1.42. The molecule has 1 saturated carbocycles. The molecule has 3 heterocycles. The Kier molecular flexibility index (Phi) is 3.25. The van der Waals surface area contributed by atoms with Crippen molar-refractivity contribution >= 4 is 5.91 Å². The Morgan fingerprint density at radius 3 is 3.00 bits per heavy atom. The quantitative estimate of drug-likeness (QED) is 0.916. The highest BCUT2D eigenvalue weighted by Gasteiger charge is 2.48. The average Bonchev–Trinajstić information content (AvgIpc) is 2.98. The first kappa shape index (κ1) is 13.3. The zero-order chi connectivity index (χ0) is 14.3. The second-order valence-corrected chi connectivity index (χ2v) is 7.07. The van der Waals surface area contributed by atoms with Gasteiger partial charge >= 0.3 is 0 Å². The lowest BCUT2D eigenvalue weighted by molar-refractivity contribution is -0.145. The minimum absolute atomic E-state index is 0.0975. The van der Waals surface area contributed by atoms with E-state index in [-0.39, 0.29) is 5.41 Å². The van der Waals surface area contributed by atoms with Crippen LogP contribution < -0.4 is 0 Å². The fourth-order valence-electron chi connectivity index (χ4n) is 4.01. The molecule has 0 radical (unpaired) electrons. The Bertz CT molecular complexity index is 510. The molecule has 21 heavy (non-hydrogen) atoms. The first-order chi connectivity index (χ1) is 10.3. The maximum Gasteiger partial charge on any atom is 0.230 e. The summed E-state index contributed by atoms with van der Waals surface area (Å²) in [5.41, 5.74) is -0.0975. The number of hydrogen-bond acceptors (Lipinski definition) is 3. The van der Waals surface area contributed by atoms with Crippen LogP contribution >= 0.6 is 0 Å². The van der Waals surface area contributed by atoms with Crippen LogP contribution in [0.3, 0.4) is 0 Å². The van der Waals surface area contributed by atoms with Crippen molar-refractivity contribution < 1.29 is 4.79 Å². The molecule has 1 N–H and O–H groups in total. The summed E-state index contributed by atoms with van der Waals surface area (Å²) in [5, 5.41) is 0. The van der Waals surface area contributed by atoms with Gasteiger partial charge in [-0.25, -0.2) is 4.98 Å². The lowest BCUT2D eigenvalue weighted by Gasteiger charge is -2.39. The maximum atomic E-state index is 12.9. The van der Waals surface area contributed by atoms with E-state index < -0.39 is 0 Å². The van der Waals surface area contributed by atoms with Gasteiger partial charge in [-0.15, -0.1) is 0 Å². The van der Waals surface area contributed by atoms with Crippen LogP contribution in [0.15, 0.2) is 12.4 Å². The Hall–Kier alpha value is -1.36. The van der Waals surface area contributed by atoms with E-state index in [4.69, 9.17) is 0 Å². The number of likely N-dealkylation sites (tertiary alicyclic amines) is 2. The number of nitrogens with zero attached hydrogens (tertiary/aromatic N) is 3. The Morgan fingerprint density at radius 2 is 2.24 bits per heavy atom. The van der Waals surface area contributed by atoms with Gasteiger partial charge in [-0.3, -0.25) is 9.69 Å². The molecule has 1 aromatic heterocycles. The van der Waals surface area contributed by atoms with E-state index in [1.807, 2.05) is 6.20 Å². The number of H-pyrrole nitrogens is 1. The smallest absolute Gasteiger partial charge is 0.230 e. The number of carbonyl (C=O) groups is 1. The van der Waals surface area contributed by atoms with Crippen molar-refractivity contribution in [1.82, 2.24) is 19.8 Å². The molecular weight excluding hydrogens is 264 g/mol. The maximum absolute atomic E-state index is 12.9. The molecule has 114 valence electrons. The third-order valence-electron chi connectivity index (χ3n) is 5.36. The summed E-state index contributed by atoms with van der Waals surface area (Å²) in [6.07, 6.45) is 9.57. The van der Waals surface area contributed by atoms with Gasteiger partial charge in [0, 0.05) is 32.0 Å². The van der Waals surface area contributed by atoms with Gasteiger partial charge in [-0.1, -0.05) is 0 Å². The van der Waals surface area contributed by atoms with Crippen LogP contribution in [-0.2, 0) is 11.3 Å². The fraction of sp³-hybridized carbons (Fsp3) is 0.750. The molecule has 2 aliphatic heterocycles. The van der Waals surface area contributed by atoms with Gasteiger partial charge in [0.25, 0.3) is 0 Å². The van der Waals surface area contributed by atoms with Crippen molar-refractivity contribution in [1.29, 1.82) is 0 Å². The largest absolute Gasteiger partial charge is 0.348 e. The van der Waals surface area contributed by atoms with Crippen LogP contribution in [0.5, 0.6) is 0 Å². The third kappa shape index (κ3) is 2.59. The van der Waals surface area contributed by atoms with Crippen molar-refractivity contribution in [2.45, 2.75) is 38.6 Å². The van der Waals surface area contributed by atoms with Crippen molar-refractivity contribution in [2.24, 2.45) is 11.3 Å². The minimum Gasteiger partial charge on any atom is -0.348 e. The van der Waals surface area contributed by atoms with E-state index in [1.165, 1.54) is 19.3 Å². The van der Waals surface area contributed by atoms with E-state index in [1.54, 1.807) is 6.20 Å². The monoisotopic (exact) mass is 288 g/mol. The highest BCUT2D eigenvalue weighted by Crippen LogP contribution is 2.41.